The van der Waals surface area contributed by atoms with Gasteiger partial charge in [-0.05, 0) is 24.0 Å². The van der Waals surface area contributed by atoms with Crippen molar-refractivity contribution in [3.8, 4) is 0 Å². The second kappa shape index (κ2) is 12.3. The third-order valence-electron chi connectivity index (χ3n) is 5.30. The molecule has 0 bridgehead atoms. The van der Waals surface area contributed by atoms with Gasteiger partial charge in [-0.1, -0.05) is 52.3 Å². The molecule has 0 saturated heterocycles. The van der Waals surface area contributed by atoms with Gasteiger partial charge in [0.05, 0.1) is 24.1 Å². The maximum atomic E-state index is 13.3. The molecule has 0 radical (unpaired) electrons. The number of carboxylic acid groups (broad SMARTS) is 1. The first-order chi connectivity index (χ1) is 14.1. The van der Waals surface area contributed by atoms with Crippen LogP contribution in [0.2, 0.25) is 0 Å². The monoisotopic (exact) mass is 422 g/mol. The molecule has 1 amide bonds. The Balaban J connectivity index is 3.00. The van der Waals surface area contributed by atoms with Gasteiger partial charge in [-0.25, -0.2) is 4.79 Å². The molecular weight excluding hydrogens is 388 g/mol. The number of likely N-dealkylation sites (N-methyl/N-ethyl adjacent to an activating group) is 1. The largest absolute Gasteiger partial charge is 0.481 e. The molecule has 1 aromatic carbocycles. The zero-order valence-corrected chi connectivity index (χ0v) is 18.6. The van der Waals surface area contributed by atoms with Gasteiger partial charge >= 0.3 is 11.9 Å². The minimum Gasteiger partial charge on any atom is -0.481 e. The summed E-state index contributed by atoms with van der Waals surface area (Å²) in [5.41, 5.74) is 2.98. The van der Waals surface area contributed by atoms with Crippen molar-refractivity contribution in [1.29, 1.82) is 0 Å². The summed E-state index contributed by atoms with van der Waals surface area (Å²) in [5.74, 6) is -2.06. The van der Waals surface area contributed by atoms with Gasteiger partial charge in [0.1, 0.15) is 6.04 Å². The highest BCUT2D eigenvalue weighted by atomic mass is 16.7. The summed E-state index contributed by atoms with van der Waals surface area (Å²) in [6.07, 6.45) is -0.137. The van der Waals surface area contributed by atoms with E-state index < -0.39 is 30.1 Å². The second-order valence-electron chi connectivity index (χ2n) is 7.79. The van der Waals surface area contributed by atoms with Gasteiger partial charge in [0.2, 0.25) is 5.91 Å². The average molecular weight is 423 g/mol. The lowest BCUT2D eigenvalue weighted by Gasteiger charge is -2.39. The highest BCUT2D eigenvalue weighted by Crippen LogP contribution is 2.23. The number of hydroxylamine groups is 1. The first-order valence-corrected chi connectivity index (χ1v) is 10.2. The third-order valence-corrected chi connectivity index (χ3v) is 5.30. The molecule has 0 aliphatic rings. The van der Waals surface area contributed by atoms with Crippen LogP contribution in [0.4, 0.5) is 0 Å². The highest BCUT2D eigenvalue weighted by Gasteiger charge is 2.37. The molecule has 0 heterocycles. The summed E-state index contributed by atoms with van der Waals surface area (Å²) >= 11 is 0. The number of amides is 1. The smallest absolute Gasteiger partial charge is 0.356 e. The zero-order chi connectivity index (χ0) is 22.8. The van der Waals surface area contributed by atoms with Crippen LogP contribution in [0.5, 0.6) is 0 Å². The zero-order valence-electron chi connectivity index (χ0n) is 18.6. The van der Waals surface area contributed by atoms with Crippen LogP contribution in [-0.4, -0.2) is 60.2 Å². The van der Waals surface area contributed by atoms with Crippen molar-refractivity contribution in [2.75, 3.05) is 14.2 Å². The molecule has 30 heavy (non-hydrogen) atoms. The van der Waals surface area contributed by atoms with E-state index in [0.29, 0.717) is 5.56 Å². The molecule has 0 aliphatic heterocycles. The number of nitrogens with one attached hydrogen (secondary N) is 1. The Bertz CT molecular complexity index is 694. The Morgan fingerprint density at radius 3 is 2.20 bits per heavy atom. The predicted octanol–water partition coefficient (Wildman–Crippen LogP) is 2.74. The van der Waals surface area contributed by atoms with Crippen LogP contribution in [-0.2, 0) is 19.2 Å². The van der Waals surface area contributed by atoms with Crippen molar-refractivity contribution in [3.05, 3.63) is 35.9 Å². The maximum absolute atomic E-state index is 13.3. The molecule has 2 N–H and O–H groups in total. The number of hydrogen-bond donors (Lipinski definition) is 2. The van der Waals surface area contributed by atoms with Crippen molar-refractivity contribution in [2.24, 2.45) is 11.8 Å². The van der Waals surface area contributed by atoms with Crippen LogP contribution in [0.25, 0.3) is 0 Å². The molecule has 0 unspecified atom stereocenters. The molecule has 168 valence electrons. The van der Waals surface area contributed by atoms with Crippen molar-refractivity contribution in [1.82, 2.24) is 10.4 Å². The van der Waals surface area contributed by atoms with Crippen LogP contribution < -0.4 is 5.48 Å². The fourth-order valence-electron chi connectivity index (χ4n) is 3.34. The average Bonchev–Trinajstić information content (AvgIpc) is 2.72. The number of carbonyl (C=O) groups excluding carboxylic acids is 2. The summed E-state index contributed by atoms with van der Waals surface area (Å²) in [6, 6.07) is 7.23. The van der Waals surface area contributed by atoms with Crippen LogP contribution in [0, 0.1) is 11.8 Å². The van der Waals surface area contributed by atoms with E-state index in [4.69, 9.17) is 9.57 Å². The lowest BCUT2D eigenvalue weighted by molar-refractivity contribution is -0.149. The lowest BCUT2D eigenvalue weighted by Crippen LogP contribution is -2.56. The first-order valence-electron chi connectivity index (χ1n) is 10.2. The van der Waals surface area contributed by atoms with Crippen LogP contribution in [0.3, 0.4) is 0 Å². The Hall–Kier alpha value is -2.45. The number of hydrogen-bond acceptors (Lipinski definition) is 6. The molecule has 0 saturated carbocycles. The predicted molar refractivity (Wildman–Crippen MR) is 113 cm³/mol. The third kappa shape index (κ3) is 7.11. The number of aliphatic carboxylic acids is 1. The molecule has 0 aromatic heterocycles. The van der Waals surface area contributed by atoms with Crippen molar-refractivity contribution in [2.45, 2.75) is 58.7 Å². The van der Waals surface area contributed by atoms with Crippen LogP contribution in [0.1, 0.15) is 50.9 Å². The lowest BCUT2D eigenvalue weighted by atomic mass is 9.90. The summed E-state index contributed by atoms with van der Waals surface area (Å²) < 4.78 is 5.43. The van der Waals surface area contributed by atoms with Crippen molar-refractivity contribution >= 4 is 17.8 Å². The molecule has 0 aliphatic carbocycles. The van der Waals surface area contributed by atoms with E-state index in [1.165, 1.54) is 12.0 Å². The first kappa shape index (κ1) is 25.6. The topological polar surface area (TPSA) is 105 Å². The van der Waals surface area contributed by atoms with E-state index >= 15 is 0 Å². The number of methoxy groups -OCH3 is 1. The molecule has 8 heteroatoms. The SMILES string of the molecule is CC[C@H](C)[C@@H]([C@@H](CC(=O)O)OC)N(C)C(=O)[C@@H](NOC(=O)c1ccccc1)C(C)C. The molecule has 0 spiro atoms. The van der Waals surface area contributed by atoms with E-state index in [-0.39, 0.29) is 24.2 Å². The van der Waals surface area contributed by atoms with Gasteiger partial charge < -0.3 is 19.6 Å². The minimum atomic E-state index is -0.994. The molecule has 1 aromatic rings. The molecule has 4 atom stereocenters. The summed E-state index contributed by atoms with van der Waals surface area (Å²) in [5, 5.41) is 9.24. The van der Waals surface area contributed by atoms with E-state index in [9.17, 15) is 19.5 Å². The van der Waals surface area contributed by atoms with E-state index in [1.807, 2.05) is 27.7 Å². The Kier molecular flexibility index (Phi) is 10.5. The van der Waals surface area contributed by atoms with E-state index in [1.54, 1.807) is 37.4 Å². The summed E-state index contributed by atoms with van der Waals surface area (Å²) in [7, 11) is 3.07. The number of ether oxygens (including phenoxy) is 1. The highest BCUT2D eigenvalue weighted by molar-refractivity contribution is 5.89. The summed E-state index contributed by atoms with van der Waals surface area (Å²) in [6.45, 7) is 7.60. The number of nitrogens with zero attached hydrogens (tertiary/aromatic N) is 1. The Morgan fingerprint density at radius 2 is 1.73 bits per heavy atom. The number of benzene rings is 1. The fraction of sp³-hybridized carbons (Fsp3) is 0.591. The van der Waals surface area contributed by atoms with Gasteiger partial charge in [-0.15, -0.1) is 5.48 Å². The molecule has 8 nitrogen and oxygen atoms in total. The standard InChI is InChI=1S/C22H34N2O6/c1-7-15(4)20(17(29-6)13-18(25)26)24(5)21(27)19(14(2)3)23-30-22(28)16-11-9-8-10-12-16/h8-12,14-15,17,19-20,23H,7,13H2,1-6H3,(H,25,26)/t15-,17+,19-,20-/m0/s1. The normalized spacial score (nSPS) is 15.2. The van der Waals surface area contributed by atoms with Crippen LogP contribution >= 0.6 is 0 Å². The van der Waals surface area contributed by atoms with Gasteiger partial charge in [-0.3, -0.25) is 9.59 Å². The second-order valence-corrected chi connectivity index (χ2v) is 7.79. The van der Waals surface area contributed by atoms with Gasteiger partial charge in [0, 0.05) is 14.2 Å². The maximum Gasteiger partial charge on any atom is 0.356 e. The van der Waals surface area contributed by atoms with Gasteiger partial charge in [-0.2, -0.15) is 0 Å². The number of carboxylic acids is 1. The minimum absolute atomic E-state index is 0.00271. The molecule has 1 rings (SSSR count). The van der Waals surface area contributed by atoms with Gasteiger partial charge in [0.25, 0.3) is 0 Å². The Labute approximate surface area is 178 Å². The number of rotatable bonds is 12. The van der Waals surface area contributed by atoms with Crippen molar-refractivity contribution < 1.29 is 29.1 Å². The van der Waals surface area contributed by atoms with Gasteiger partial charge in [0.15, 0.2) is 0 Å². The molecular formula is C22H34N2O6. The summed E-state index contributed by atoms with van der Waals surface area (Å²) in [4.78, 5) is 43.5. The quantitative estimate of drug-likeness (QED) is 0.499. The van der Waals surface area contributed by atoms with E-state index in [2.05, 4.69) is 5.48 Å². The van der Waals surface area contributed by atoms with Crippen molar-refractivity contribution in [3.63, 3.8) is 0 Å². The molecule has 0 fully saturated rings. The van der Waals surface area contributed by atoms with E-state index in [0.717, 1.165) is 6.42 Å². The number of carbonyl (C=O) groups is 3. The fourth-order valence-corrected chi connectivity index (χ4v) is 3.34. The van der Waals surface area contributed by atoms with Crippen LogP contribution in [0.15, 0.2) is 30.3 Å². The Morgan fingerprint density at radius 1 is 1.13 bits per heavy atom.